The maximum atomic E-state index is 11.9. The van der Waals surface area contributed by atoms with Crippen LogP contribution in [0.3, 0.4) is 0 Å². The Morgan fingerprint density at radius 3 is 2.81 bits per heavy atom. The molecule has 1 fully saturated rings. The van der Waals surface area contributed by atoms with Crippen LogP contribution in [0, 0.1) is 0 Å². The van der Waals surface area contributed by atoms with E-state index in [4.69, 9.17) is 4.74 Å². The number of rotatable bonds is 4. The Labute approximate surface area is 124 Å². The van der Waals surface area contributed by atoms with Gasteiger partial charge in [-0.2, -0.15) is 0 Å². The first kappa shape index (κ1) is 13.9. The second kappa shape index (κ2) is 6.12. The van der Waals surface area contributed by atoms with Crippen molar-refractivity contribution in [3.63, 3.8) is 0 Å². The Bertz CT molecular complexity index is 672. The maximum Gasteiger partial charge on any atom is 0.251 e. The highest BCUT2D eigenvalue weighted by Gasteiger charge is 2.19. The molecule has 0 atom stereocenters. The summed E-state index contributed by atoms with van der Waals surface area (Å²) in [5.74, 6) is 1.99. The number of benzene rings is 1. The second-order valence-corrected chi connectivity index (χ2v) is 5.59. The molecule has 0 saturated heterocycles. The standard InChI is InChI=1S/C17H20N2O2/c1-21-15-9-5-4-8-13(15)10-16-18-14(11-17(20)19-16)12-6-2-3-7-12/h4-5,8-9,11-12H,2-3,6-7,10H2,1H3,(H,18,19,20). The number of H-pyrrole nitrogens is 1. The van der Waals surface area contributed by atoms with Gasteiger partial charge in [-0.05, 0) is 18.9 Å². The average molecular weight is 284 g/mol. The predicted molar refractivity (Wildman–Crippen MR) is 81.9 cm³/mol. The fourth-order valence-electron chi connectivity index (χ4n) is 3.07. The van der Waals surface area contributed by atoms with E-state index in [1.807, 2.05) is 24.3 Å². The Hall–Kier alpha value is -2.10. The van der Waals surface area contributed by atoms with Gasteiger partial charge >= 0.3 is 0 Å². The third kappa shape index (κ3) is 3.15. The first-order chi connectivity index (χ1) is 10.3. The van der Waals surface area contributed by atoms with Gasteiger partial charge < -0.3 is 9.72 Å². The van der Waals surface area contributed by atoms with Crippen molar-refractivity contribution < 1.29 is 4.74 Å². The molecule has 0 radical (unpaired) electrons. The smallest absolute Gasteiger partial charge is 0.251 e. The molecule has 1 aliphatic rings. The molecule has 110 valence electrons. The molecule has 0 amide bonds. The number of hydrogen-bond donors (Lipinski definition) is 1. The van der Waals surface area contributed by atoms with Crippen molar-refractivity contribution >= 4 is 0 Å². The summed E-state index contributed by atoms with van der Waals surface area (Å²) in [6, 6.07) is 9.49. The Balaban J connectivity index is 1.90. The quantitative estimate of drug-likeness (QED) is 0.939. The van der Waals surface area contributed by atoms with Crippen LogP contribution in [-0.2, 0) is 6.42 Å². The van der Waals surface area contributed by atoms with Gasteiger partial charge in [0.25, 0.3) is 5.56 Å². The zero-order chi connectivity index (χ0) is 14.7. The fourth-order valence-corrected chi connectivity index (χ4v) is 3.07. The van der Waals surface area contributed by atoms with E-state index < -0.39 is 0 Å². The molecule has 4 nitrogen and oxygen atoms in total. The zero-order valence-corrected chi connectivity index (χ0v) is 12.3. The van der Waals surface area contributed by atoms with Crippen LogP contribution in [0.15, 0.2) is 35.1 Å². The predicted octanol–water partition coefficient (Wildman–Crippen LogP) is 3.03. The van der Waals surface area contributed by atoms with Gasteiger partial charge in [0.05, 0.1) is 12.8 Å². The van der Waals surface area contributed by atoms with E-state index in [1.165, 1.54) is 12.8 Å². The molecule has 3 rings (SSSR count). The minimum absolute atomic E-state index is 0.0585. The molecular weight excluding hydrogens is 264 g/mol. The number of nitrogens with one attached hydrogen (secondary N) is 1. The highest BCUT2D eigenvalue weighted by molar-refractivity contribution is 5.35. The topological polar surface area (TPSA) is 55.0 Å². The number of nitrogens with zero attached hydrogens (tertiary/aromatic N) is 1. The van der Waals surface area contributed by atoms with Crippen LogP contribution in [0.5, 0.6) is 5.75 Å². The number of hydrogen-bond acceptors (Lipinski definition) is 3. The minimum Gasteiger partial charge on any atom is -0.496 e. The lowest BCUT2D eigenvalue weighted by atomic mass is 10.0. The SMILES string of the molecule is COc1ccccc1Cc1nc(C2CCCC2)cc(=O)[nH]1. The first-order valence-corrected chi connectivity index (χ1v) is 7.48. The van der Waals surface area contributed by atoms with Crippen molar-refractivity contribution in [2.45, 2.75) is 38.0 Å². The van der Waals surface area contributed by atoms with Gasteiger partial charge in [-0.25, -0.2) is 4.98 Å². The Morgan fingerprint density at radius 1 is 1.29 bits per heavy atom. The summed E-state index contributed by atoms with van der Waals surface area (Å²) in [7, 11) is 1.66. The fraction of sp³-hybridized carbons (Fsp3) is 0.412. The molecule has 0 unspecified atom stereocenters. The average Bonchev–Trinajstić information content (AvgIpc) is 3.01. The second-order valence-electron chi connectivity index (χ2n) is 5.59. The molecule has 1 heterocycles. The van der Waals surface area contributed by atoms with Crippen LogP contribution < -0.4 is 10.3 Å². The molecule has 1 aromatic heterocycles. The highest BCUT2D eigenvalue weighted by Crippen LogP contribution is 2.32. The van der Waals surface area contributed by atoms with E-state index in [-0.39, 0.29) is 5.56 Å². The monoisotopic (exact) mass is 284 g/mol. The van der Waals surface area contributed by atoms with Crippen LogP contribution in [0.2, 0.25) is 0 Å². The minimum atomic E-state index is -0.0585. The third-order valence-corrected chi connectivity index (χ3v) is 4.13. The number of aromatic nitrogens is 2. The number of aromatic amines is 1. The Kier molecular flexibility index (Phi) is 4.04. The summed E-state index contributed by atoms with van der Waals surface area (Å²) < 4.78 is 5.36. The van der Waals surface area contributed by atoms with Gasteiger partial charge in [0.2, 0.25) is 0 Å². The summed E-state index contributed by atoms with van der Waals surface area (Å²) in [4.78, 5) is 19.4. The van der Waals surface area contributed by atoms with E-state index in [0.29, 0.717) is 18.2 Å². The molecule has 0 bridgehead atoms. The number of ether oxygens (including phenoxy) is 1. The van der Waals surface area contributed by atoms with Crippen LogP contribution in [0.4, 0.5) is 0 Å². The molecule has 0 aliphatic heterocycles. The molecular formula is C17H20N2O2. The van der Waals surface area contributed by atoms with E-state index in [0.717, 1.165) is 29.8 Å². The van der Waals surface area contributed by atoms with E-state index in [2.05, 4.69) is 9.97 Å². The van der Waals surface area contributed by atoms with E-state index in [9.17, 15) is 4.79 Å². The van der Waals surface area contributed by atoms with Crippen molar-refractivity contribution in [3.8, 4) is 5.75 Å². The molecule has 1 N–H and O–H groups in total. The normalized spacial score (nSPS) is 15.3. The lowest BCUT2D eigenvalue weighted by molar-refractivity contribution is 0.410. The van der Waals surface area contributed by atoms with Gasteiger partial charge in [-0.3, -0.25) is 4.79 Å². The van der Waals surface area contributed by atoms with Crippen molar-refractivity contribution in [3.05, 3.63) is 57.8 Å². The molecule has 1 saturated carbocycles. The largest absolute Gasteiger partial charge is 0.496 e. The van der Waals surface area contributed by atoms with Gasteiger partial charge in [0.1, 0.15) is 11.6 Å². The zero-order valence-electron chi connectivity index (χ0n) is 12.3. The summed E-state index contributed by atoms with van der Waals surface area (Å²) in [5.41, 5.74) is 1.92. The summed E-state index contributed by atoms with van der Waals surface area (Å²) >= 11 is 0. The van der Waals surface area contributed by atoms with Crippen molar-refractivity contribution in [1.82, 2.24) is 9.97 Å². The van der Waals surface area contributed by atoms with Crippen LogP contribution in [-0.4, -0.2) is 17.1 Å². The molecule has 0 spiro atoms. The number of para-hydroxylation sites is 1. The molecule has 2 aromatic rings. The number of methoxy groups -OCH3 is 1. The molecule has 4 heteroatoms. The first-order valence-electron chi connectivity index (χ1n) is 7.48. The molecule has 1 aromatic carbocycles. The maximum absolute atomic E-state index is 11.9. The van der Waals surface area contributed by atoms with Crippen LogP contribution >= 0.6 is 0 Å². The highest BCUT2D eigenvalue weighted by atomic mass is 16.5. The molecule has 21 heavy (non-hydrogen) atoms. The van der Waals surface area contributed by atoms with Gasteiger partial charge in [-0.15, -0.1) is 0 Å². The van der Waals surface area contributed by atoms with Gasteiger partial charge in [-0.1, -0.05) is 31.0 Å². The molecule has 1 aliphatic carbocycles. The van der Waals surface area contributed by atoms with Crippen LogP contribution in [0.25, 0.3) is 0 Å². The van der Waals surface area contributed by atoms with E-state index >= 15 is 0 Å². The van der Waals surface area contributed by atoms with Gasteiger partial charge in [0, 0.05) is 24.0 Å². The summed E-state index contributed by atoms with van der Waals surface area (Å²) in [6.45, 7) is 0. The van der Waals surface area contributed by atoms with Crippen molar-refractivity contribution in [1.29, 1.82) is 0 Å². The van der Waals surface area contributed by atoms with E-state index in [1.54, 1.807) is 13.2 Å². The van der Waals surface area contributed by atoms with Crippen molar-refractivity contribution in [2.75, 3.05) is 7.11 Å². The van der Waals surface area contributed by atoms with Crippen LogP contribution in [0.1, 0.15) is 48.7 Å². The van der Waals surface area contributed by atoms with Gasteiger partial charge in [0.15, 0.2) is 0 Å². The van der Waals surface area contributed by atoms with Crippen molar-refractivity contribution in [2.24, 2.45) is 0 Å². The Morgan fingerprint density at radius 2 is 2.05 bits per heavy atom. The lowest BCUT2D eigenvalue weighted by Gasteiger charge is -2.11. The summed E-state index contributed by atoms with van der Waals surface area (Å²) in [5, 5.41) is 0. The lowest BCUT2D eigenvalue weighted by Crippen LogP contribution is -2.14. The third-order valence-electron chi connectivity index (χ3n) is 4.13. The summed E-state index contributed by atoms with van der Waals surface area (Å²) in [6.07, 6.45) is 5.34.